The second-order valence-electron chi connectivity index (χ2n) is 9.62. The van der Waals surface area contributed by atoms with Crippen molar-refractivity contribution >= 4 is 29.6 Å². The average molecular weight is 564 g/mol. The van der Waals surface area contributed by atoms with E-state index in [9.17, 15) is 0 Å². The molecule has 0 aliphatic carbocycles. The fourth-order valence-corrected chi connectivity index (χ4v) is 20.5. The van der Waals surface area contributed by atoms with Crippen molar-refractivity contribution in [2.75, 3.05) is 0 Å². The first-order valence-corrected chi connectivity index (χ1v) is 20.5. The number of unbranched alkanes of at least 4 members (excludes halogenated alkanes) is 3. The van der Waals surface area contributed by atoms with E-state index >= 15 is 0 Å². The molecule has 0 spiro atoms. The number of hydrogen-bond acceptors (Lipinski definition) is 3. The van der Waals surface area contributed by atoms with E-state index in [1.165, 1.54) is 68.3 Å². The van der Waals surface area contributed by atoms with Crippen molar-refractivity contribution in [2.45, 2.75) is 78.5 Å². The molecule has 0 saturated heterocycles. The molecule has 0 fully saturated rings. The van der Waals surface area contributed by atoms with Gasteiger partial charge >= 0.3 is 209 Å². The average Bonchev–Trinajstić information content (AvgIpc) is 3.53. The molecule has 0 radical (unpaired) electrons. The fraction of sp³-hybridized carbons (Fsp3) is 0.464. The molecule has 5 nitrogen and oxygen atoms in total. The minimum absolute atomic E-state index is 0.0216. The van der Waals surface area contributed by atoms with Gasteiger partial charge in [-0.3, -0.25) is 0 Å². The number of nitrogens with one attached hydrogen (secondary N) is 1. The summed E-state index contributed by atoms with van der Waals surface area (Å²) in [5.41, 5.74) is 3.68. The van der Waals surface area contributed by atoms with Crippen LogP contribution in [-0.4, -0.2) is 42.1 Å². The van der Waals surface area contributed by atoms with Crippen LogP contribution in [0.5, 0.6) is 0 Å². The van der Waals surface area contributed by atoms with Crippen LogP contribution in [0.2, 0.25) is 13.3 Å². The number of fused-ring (bicyclic) bond motifs is 1. The zero-order valence-corrected chi connectivity index (χ0v) is 23.9. The Morgan fingerprint density at radius 1 is 0.824 bits per heavy atom. The molecule has 180 valence electrons. The second kappa shape index (κ2) is 12.0. The van der Waals surface area contributed by atoms with E-state index < -0.39 is 18.7 Å². The van der Waals surface area contributed by atoms with Crippen molar-refractivity contribution in [1.29, 1.82) is 0 Å². The molecule has 0 aliphatic heterocycles. The number of rotatable bonds is 13. The summed E-state index contributed by atoms with van der Waals surface area (Å²) >= 11 is -2.90. The number of tetrazole rings is 1. The van der Waals surface area contributed by atoms with Gasteiger partial charge in [0.25, 0.3) is 0 Å². The third-order valence-electron chi connectivity index (χ3n) is 7.25. The van der Waals surface area contributed by atoms with E-state index in [0.717, 1.165) is 11.3 Å². The van der Waals surface area contributed by atoms with Crippen LogP contribution in [0.15, 0.2) is 60.8 Å². The van der Waals surface area contributed by atoms with Crippen LogP contribution in [0, 0.1) is 0 Å². The molecule has 6 heteroatoms. The Bertz CT molecular complexity index is 1130. The van der Waals surface area contributed by atoms with Gasteiger partial charge in [0.15, 0.2) is 0 Å². The summed E-state index contributed by atoms with van der Waals surface area (Å²) < 4.78 is 6.45. The Balaban J connectivity index is 1.89. The van der Waals surface area contributed by atoms with Crippen molar-refractivity contribution < 1.29 is 0 Å². The number of hydrogen-bond donors (Lipinski definition) is 1. The molecule has 4 rings (SSSR count). The quantitative estimate of drug-likeness (QED) is 0.171. The van der Waals surface area contributed by atoms with E-state index in [-0.39, 0.29) is 5.92 Å². The minimum atomic E-state index is -2.90. The van der Waals surface area contributed by atoms with Crippen molar-refractivity contribution in [3.8, 4) is 0 Å². The van der Waals surface area contributed by atoms with Crippen molar-refractivity contribution in [2.24, 2.45) is 0 Å². The van der Waals surface area contributed by atoms with Crippen molar-refractivity contribution in [1.82, 2.24) is 23.4 Å². The van der Waals surface area contributed by atoms with Crippen molar-refractivity contribution in [3.05, 3.63) is 77.7 Å². The first kappa shape index (κ1) is 25.0. The zero-order chi connectivity index (χ0) is 23.8. The predicted molar refractivity (Wildman–Crippen MR) is 144 cm³/mol. The Morgan fingerprint density at radius 2 is 1.44 bits per heavy atom. The van der Waals surface area contributed by atoms with Gasteiger partial charge in [0.05, 0.1) is 0 Å². The monoisotopic (exact) mass is 565 g/mol. The normalized spacial score (nSPS) is 12.9. The third kappa shape index (κ3) is 5.24. The van der Waals surface area contributed by atoms with E-state index in [4.69, 9.17) is 10.3 Å². The van der Waals surface area contributed by atoms with Gasteiger partial charge < -0.3 is 0 Å². The number of nitrogens with zero attached hydrogens (tertiary/aromatic N) is 4. The van der Waals surface area contributed by atoms with Crippen LogP contribution < -0.4 is 0 Å². The summed E-state index contributed by atoms with van der Waals surface area (Å²) in [7, 11) is 0. The Kier molecular flexibility index (Phi) is 8.81. The molecule has 1 unspecified atom stereocenters. The molecule has 1 atom stereocenters. The van der Waals surface area contributed by atoms with Crippen LogP contribution >= 0.6 is 0 Å². The third-order valence-corrected chi connectivity index (χ3v) is 21.7. The van der Waals surface area contributed by atoms with Crippen LogP contribution in [0.25, 0.3) is 10.9 Å². The maximum atomic E-state index is 4.82. The number of aromatic amines is 1. The summed E-state index contributed by atoms with van der Waals surface area (Å²) in [6.07, 6.45) is 9.73. The van der Waals surface area contributed by atoms with E-state index in [1.54, 1.807) is 0 Å². The zero-order valence-electron chi connectivity index (χ0n) is 21.0. The van der Waals surface area contributed by atoms with Crippen LogP contribution in [-0.2, 0) is 0 Å². The summed E-state index contributed by atoms with van der Waals surface area (Å²) in [4.78, 5) is 3.50. The predicted octanol–water partition coefficient (Wildman–Crippen LogP) is 7.53. The summed E-state index contributed by atoms with van der Waals surface area (Å²) in [6.45, 7) is 6.94. The van der Waals surface area contributed by atoms with Crippen LogP contribution in [0.4, 0.5) is 0 Å². The number of para-hydroxylation sites is 1. The van der Waals surface area contributed by atoms with E-state index in [2.05, 4.69) is 94.7 Å². The van der Waals surface area contributed by atoms with E-state index in [1.807, 2.05) is 0 Å². The van der Waals surface area contributed by atoms with Gasteiger partial charge in [0.1, 0.15) is 0 Å². The Labute approximate surface area is 208 Å². The van der Waals surface area contributed by atoms with Gasteiger partial charge in [-0.25, -0.2) is 0 Å². The standard InChI is InChI=1S/C16H12N5.3C4H9.Sn/c1-2-6-11(7-3-1)15(16-18-20-21-19-16)13-10-17-14-9-5-4-8-12(13)14;3*1-3-4-2;/h1-10,15,17H;3*1,3-4H2,2H3;/q-1;;;;+1. The molecule has 0 aliphatic rings. The first-order valence-electron chi connectivity index (χ1n) is 13.1. The number of aromatic nitrogens is 5. The van der Waals surface area contributed by atoms with Gasteiger partial charge in [0.2, 0.25) is 0 Å². The molecule has 0 saturated carbocycles. The molecular formula is C28H39N5Sn. The molecule has 4 aromatic rings. The SMILES string of the molecule is CCC[CH2][Sn]([CH2]CCC)([CH2]CCC)[n]1nnnc1C(c1ccccc1)c1c[nH]c2ccccc12. The topological polar surface area (TPSA) is 59.4 Å². The summed E-state index contributed by atoms with van der Waals surface area (Å²) in [6, 6.07) is 19.4. The molecule has 2 heterocycles. The molecular weight excluding hydrogens is 525 g/mol. The van der Waals surface area contributed by atoms with Crippen LogP contribution in [0.3, 0.4) is 0 Å². The summed E-state index contributed by atoms with van der Waals surface area (Å²) in [5, 5.41) is 15.2. The van der Waals surface area contributed by atoms with Gasteiger partial charge in [-0.1, -0.05) is 0 Å². The first-order chi connectivity index (χ1) is 16.7. The molecule has 2 aromatic carbocycles. The maximum absolute atomic E-state index is 4.82. The fourth-order valence-electron chi connectivity index (χ4n) is 5.37. The van der Waals surface area contributed by atoms with Gasteiger partial charge in [-0.15, -0.1) is 0 Å². The van der Waals surface area contributed by atoms with Gasteiger partial charge in [0, 0.05) is 0 Å². The molecule has 0 amide bonds. The number of H-pyrrole nitrogens is 1. The van der Waals surface area contributed by atoms with Gasteiger partial charge in [-0.05, 0) is 0 Å². The Morgan fingerprint density at radius 3 is 2.09 bits per heavy atom. The second-order valence-corrected chi connectivity index (χ2v) is 22.1. The number of benzene rings is 2. The molecule has 0 bridgehead atoms. The van der Waals surface area contributed by atoms with E-state index in [0.29, 0.717) is 0 Å². The Hall–Kier alpha value is -2.15. The molecule has 2 aromatic heterocycles. The van der Waals surface area contributed by atoms with Crippen LogP contribution in [0.1, 0.15) is 82.2 Å². The van der Waals surface area contributed by atoms with Gasteiger partial charge in [-0.2, -0.15) is 0 Å². The molecule has 34 heavy (non-hydrogen) atoms. The molecule has 1 N–H and O–H groups in total. The summed E-state index contributed by atoms with van der Waals surface area (Å²) in [5.74, 6) is 1.07. The van der Waals surface area contributed by atoms with Crippen molar-refractivity contribution in [3.63, 3.8) is 0 Å².